The van der Waals surface area contributed by atoms with Crippen molar-refractivity contribution in [3.05, 3.63) is 30.3 Å². The van der Waals surface area contributed by atoms with E-state index in [1.165, 1.54) is 6.42 Å². The molecule has 3 rings (SSSR count). The number of benzene rings is 1. The summed E-state index contributed by atoms with van der Waals surface area (Å²) in [6, 6.07) is 9.64. The molecule has 0 saturated carbocycles. The van der Waals surface area contributed by atoms with E-state index in [4.69, 9.17) is 4.74 Å². The van der Waals surface area contributed by atoms with Gasteiger partial charge in [0.15, 0.2) is 11.7 Å². The first-order valence-electron chi connectivity index (χ1n) is 8.64. The molecule has 1 fully saturated rings. The lowest BCUT2D eigenvalue weighted by molar-refractivity contribution is 0.294. The number of hydrogen-bond donors (Lipinski definition) is 0. The molecule has 1 saturated heterocycles. The summed E-state index contributed by atoms with van der Waals surface area (Å²) in [5.74, 6) is 1.77. The number of likely N-dealkylation sites (tertiary alicyclic amines) is 1. The van der Waals surface area contributed by atoms with E-state index in [2.05, 4.69) is 8.80 Å². The van der Waals surface area contributed by atoms with Crippen LogP contribution in [0.5, 0.6) is 5.75 Å². The van der Waals surface area contributed by atoms with Crippen LogP contribution >= 0.6 is 0 Å². The zero-order chi connectivity index (χ0) is 17.7. The van der Waals surface area contributed by atoms with Gasteiger partial charge in [0.2, 0.25) is 0 Å². The number of nitrogens with zero attached hydrogens (tertiary/aromatic N) is 4. The molecule has 0 aromatic heterocycles. The fraction of sp³-hybridized carbons (Fsp3) is 0.529. The maximum atomic E-state index is 11.9. The molecule has 8 heteroatoms. The van der Waals surface area contributed by atoms with Crippen molar-refractivity contribution in [3.8, 4) is 5.75 Å². The van der Waals surface area contributed by atoms with E-state index in [9.17, 15) is 8.42 Å². The van der Waals surface area contributed by atoms with Crippen molar-refractivity contribution in [1.29, 1.82) is 0 Å². The first-order chi connectivity index (χ1) is 12.1. The van der Waals surface area contributed by atoms with Crippen molar-refractivity contribution in [2.45, 2.75) is 25.7 Å². The Morgan fingerprint density at radius 2 is 1.84 bits per heavy atom. The third-order valence-corrected chi connectivity index (χ3v) is 5.08. The van der Waals surface area contributed by atoms with Gasteiger partial charge in [-0.2, -0.15) is 8.42 Å². The summed E-state index contributed by atoms with van der Waals surface area (Å²) in [5.41, 5.74) is 0. The largest absolute Gasteiger partial charge is 0.494 e. The lowest BCUT2D eigenvalue weighted by Crippen LogP contribution is -2.45. The lowest BCUT2D eigenvalue weighted by atomic mass is 10.1. The number of hydrogen-bond acceptors (Lipinski definition) is 5. The van der Waals surface area contributed by atoms with E-state index in [1.807, 2.05) is 47.2 Å². The summed E-state index contributed by atoms with van der Waals surface area (Å²) in [7, 11) is -1.90. The molecule has 2 heterocycles. The number of ether oxygens (including phenoxy) is 1. The lowest BCUT2D eigenvalue weighted by Gasteiger charge is -2.30. The van der Waals surface area contributed by atoms with Gasteiger partial charge >= 0.3 is 10.2 Å². The number of likely N-dealkylation sites (N-methyl/N-ethyl adjacent to an activating group) is 1. The normalized spacial score (nSPS) is 19.3. The Bertz CT molecular complexity index is 740. The van der Waals surface area contributed by atoms with Gasteiger partial charge < -0.3 is 14.5 Å². The highest BCUT2D eigenvalue weighted by Gasteiger charge is 2.31. The summed E-state index contributed by atoms with van der Waals surface area (Å²) in [4.78, 5) is 3.89. The van der Waals surface area contributed by atoms with Crippen LogP contribution < -0.4 is 4.74 Å². The molecule has 7 nitrogen and oxygen atoms in total. The fourth-order valence-corrected chi connectivity index (χ4v) is 3.88. The van der Waals surface area contributed by atoms with E-state index in [1.54, 1.807) is 0 Å². The molecule has 1 aromatic rings. The zero-order valence-corrected chi connectivity index (χ0v) is 15.3. The van der Waals surface area contributed by atoms with E-state index in [0.29, 0.717) is 24.8 Å². The number of amidine groups is 2. The van der Waals surface area contributed by atoms with Gasteiger partial charge in [-0.25, -0.2) is 0 Å². The molecule has 0 radical (unpaired) electrons. The Morgan fingerprint density at radius 3 is 2.56 bits per heavy atom. The van der Waals surface area contributed by atoms with Crippen LogP contribution in [0.3, 0.4) is 0 Å². The highest BCUT2D eigenvalue weighted by Crippen LogP contribution is 2.17. The average Bonchev–Trinajstić information content (AvgIpc) is 2.96. The number of para-hydroxylation sites is 1. The molecule has 0 bridgehead atoms. The van der Waals surface area contributed by atoms with Crippen molar-refractivity contribution in [2.24, 2.45) is 8.80 Å². The Hall–Kier alpha value is -2.09. The number of rotatable bonds is 5. The summed E-state index contributed by atoms with van der Waals surface area (Å²) in [6.07, 6.45) is 4.05. The number of piperidine rings is 1. The molecule has 0 spiro atoms. The summed E-state index contributed by atoms with van der Waals surface area (Å²) >= 11 is 0. The topological polar surface area (TPSA) is 74.6 Å². The van der Waals surface area contributed by atoms with Crippen LogP contribution in [-0.2, 0) is 10.2 Å². The minimum atomic E-state index is -3.75. The predicted octanol–water partition coefficient (Wildman–Crippen LogP) is 1.93. The average molecular weight is 364 g/mol. The van der Waals surface area contributed by atoms with E-state index < -0.39 is 10.2 Å². The third kappa shape index (κ3) is 4.72. The van der Waals surface area contributed by atoms with Crippen LogP contribution in [0.1, 0.15) is 25.7 Å². The third-order valence-electron chi connectivity index (χ3n) is 4.27. The van der Waals surface area contributed by atoms with Crippen LogP contribution in [0.2, 0.25) is 0 Å². The van der Waals surface area contributed by atoms with Crippen LogP contribution in [0.25, 0.3) is 0 Å². The summed E-state index contributed by atoms with van der Waals surface area (Å²) < 4.78 is 37.1. The maximum absolute atomic E-state index is 11.9. The SMILES string of the molecule is CN(CCCOc1ccccc1)C1=NS(=O)(=O)N=C1N1CCCCC1. The van der Waals surface area contributed by atoms with E-state index >= 15 is 0 Å². The minimum Gasteiger partial charge on any atom is -0.494 e. The second-order valence-electron chi connectivity index (χ2n) is 6.26. The highest BCUT2D eigenvalue weighted by molar-refractivity contribution is 7.89. The first-order valence-corrected chi connectivity index (χ1v) is 10.0. The second-order valence-corrected chi connectivity index (χ2v) is 7.52. The molecule has 0 aliphatic carbocycles. The van der Waals surface area contributed by atoms with E-state index in [-0.39, 0.29) is 0 Å². The molecule has 0 unspecified atom stereocenters. The van der Waals surface area contributed by atoms with E-state index in [0.717, 1.165) is 38.1 Å². The molecule has 2 aliphatic rings. The van der Waals surface area contributed by atoms with Crippen molar-refractivity contribution in [1.82, 2.24) is 9.80 Å². The van der Waals surface area contributed by atoms with Gasteiger partial charge in [0, 0.05) is 26.7 Å². The van der Waals surface area contributed by atoms with Gasteiger partial charge in [0.1, 0.15) is 5.75 Å². The predicted molar refractivity (Wildman–Crippen MR) is 98.4 cm³/mol. The molecule has 2 aliphatic heterocycles. The summed E-state index contributed by atoms with van der Waals surface area (Å²) in [5, 5.41) is 0. The van der Waals surface area contributed by atoms with Crippen LogP contribution in [0.4, 0.5) is 0 Å². The Kier molecular flexibility index (Phi) is 5.57. The molecule has 0 atom stereocenters. The molecule has 0 N–H and O–H groups in total. The molecule has 1 aromatic carbocycles. The zero-order valence-electron chi connectivity index (χ0n) is 14.5. The first kappa shape index (κ1) is 17.7. The van der Waals surface area contributed by atoms with Gasteiger partial charge in [-0.05, 0) is 37.8 Å². The molecular formula is C17H24N4O3S. The quantitative estimate of drug-likeness (QED) is 0.747. The van der Waals surface area contributed by atoms with Crippen LogP contribution in [-0.4, -0.2) is 63.2 Å². The maximum Gasteiger partial charge on any atom is 0.367 e. The van der Waals surface area contributed by atoms with Gasteiger partial charge in [0.25, 0.3) is 0 Å². The monoisotopic (exact) mass is 364 g/mol. The van der Waals surface area contributed by atoms with Gasteiger partial charge in [-0.15, -0.1) is 8.80 Å². The minimum absolute atomic E-state index is 0.446. The Labute approximate surface area is 149 Å². The van der Waals surface area contributed by atoms with Gasteiger partial charge in [0.05, 0.1) is 6.61 Å². The molecular weight excluding hydrogens is 340 g/mol. The van der Waals surface area contributed by atoms with Crippen molar-refractivity contribution in [3.63, 3.8) is 0 Å². The summed E-state index contributed by atoms with van der Waals surface area (Å²) in [6.45, 7) is 2.87. The standard InChI is InChI=1S/C17H24N4O3S/c1-20(11-8-14-24-15-9-4-2-5-10-15)16-17(19-25(22,23)18-16)21-12-6-3-7-13-21/h2,4-5,9-10H,3,6-8,11-14H2,1H3. The smallest absolute Gasteiger partial charge is 0.367 e. The Morgan fingerprint density at radius 1 is 1.12 bits per heavy atom. The molecule has 25 heavy (non-hydrogen) atoms. The van der Waals surface area contributed by atoms with Crippen LogP contribution in [0.15, 0.2) is 39.1 Å². The molecule has 136 valence electrons. The van der Waals surface area contributed by atoms with Crippen molar-refractivity contribution < 1.29 is 13.2 Å². The van der Waals surface area contributed by atoms with Gasteiger partial charge in [-0.3, -0.25) is 0 Å². The second kappa shape index (κ2) is 7.86. The Balaban J connectivity index is 1.56. The van der Waals surface area contributed by atoms with Gasteiger partial charge in [-0.1, -0.05) is 18.2 Å². The van der Waals surface area contributed by atoms with Crippen LogP contribution in [0, 0.1) is 0 Å². The highest BCUT2D eigenvalue weighted by atomic mass is 32.2. The fourth-order valence-electron chi connectivity index (χ4n) is 2.98. The van der Waals surface area contributed by atoms with Crippen molar-refractivity contribution in [2.75, 3.05) is 33.3 Å². The molecule has 0 amide bonds. The van der Waals surface area contributed by atoms with Crippen molar-refractivity contribution >= 4 is 21.9 Å².